The second-order valence-electron chi connectivity index (χ2n) is 7.99. The number of amides is 1. The van der Waals surface area contributed by atoms with Crippen molar-refractivity contribution in [3.05, 3.63) is 53.6 Å². The molecule has 1 amide bonds. The fraction of sp³-hybridized carbons (Fsp3) is 0.524. The van der Waals surface area contributed by atoms with E-state index in [0.29, 0.717) is 13.0 Å². The number of hydrogen-bond donors (Lipinski definition) is 0. The Balaban J connectivity index is 1.46. The fourth-order valence-corrected chi connectivity index (χ4v) is 4.67. The molecule has 2 fully saturated rings. The van der Waals surface area contributed by atoms with Crippen LogP contribution in [0.25, 0.3) is 0 Å². The molecule has 1 atom stereocenters. The molecular formula is C21H27FN4O. The minimum Gasteiger partial charge on any atom is -0.333 e. The molecule has 0 unspecified atom stereocenters. The Morgan fingerprint density at radius 1 is 1.15 bits per heavy atom. The van der Waals surface area contributed by atoms with Crippen molar-refractivity contribution in [2.24, 2.45) is 7.05 Å². The third-order valence-electron chi connectivity index (χ3n) is 6.08. The van der Waals surface area contributed by atoms with E-state index in [2.05, 4.69) is 16.2 Å². The highest BCUT2D eigenvalue weighted by Crippen LogP contribution is 2.40. The summed E-state index contributed by atoms with van der Waals surface area (Å²) in [6.07, 6.45) is 8.60. The number of nitrogens with zero attached hydrogens (tertiary/aromatic N) is 4. The summed E-state index contributed by atoms with van der Waals surface area (Å²) in [7, 11) is 1.94. The summed E-state index contributed by atoms with van der Waals surface area (Å²) in [6, 6.07) is 6.63. The van der Waals surface area contributed by atoms with Crippen molar-refractivity contribution < 1.29 is 9.18 Å². The Kier molecular flexibility index (Phi) is 5.00. The lowest BCUT2D eigenvalue weighted by Crippen LogP contribution is -2.45. The molecule has 2 saturated heterocycles. The number of carbonyl (C=O) groups excluding carboxylic acids is 1. The van der Waals surface area contributed by atoms with E-state index in [1.165, 1.54) is 11.6 Å². The number of likely N-dealkylation sites (tertiary alicyclic amines) is 2. The van der Waals surface area contributed by atoms with E-state index in [4.69, 9.17) is 0 Å². The van der Waals surface area contributed by atoms with E-state index in [9.17, 15) is 9.18 Å². The van der Waals surface area contributed by atoms with Gasteiger partial charge in [-0.15, -0.1) is 0 Å². The van der Waals surface area contributed by atoms with Gasteiger partial charge in [0.05, 0.1) is 6.20 Å². The molecule has 0 bridgehead atoms. The van der Waals surface area contributed by atoms with Gasteiger partial charge in [-0.3, -0.25) is 14.4 Å². The summed E-state index contributed by atoms with van der Waals surface area (Å²) in [4.78, 5) is 17.1. The van der Waals surface area contributed by atoms with Crippen LogP contribution in [-0.2, 0) is 24.9 Å². The van der Waals surface area contributed by atoms with E-state index < -0.39 is 0 Å². The Morgan fingerprint density at radius 3 is 2.81 bits per heavy atom. The third-order valence-corrected chi connectivity index (χ3v) is 6.08. The molecule has 2 aliphatic heterocycles. The van der Waals surface area contributed by atoms with Gasteiger partial charge >= 0.3 is 0 Å². The Labute approximate surface area is 159 Å². The van der Waals surface area contributed by atoms with Gasteiger partial charge in [0.2, 0.25) is 5.91 Å². The molecule has 6 heteroatoms. The largest absolute Gasteiger partial charge is 0.333 e. The van der Waals surface area contributed by atoms with E-state index in [1.807, 2.05) is 28.9 Å². The zero-order valence-corrected chi connectivity index (χ0v) is 15.9. The maximum atomic E-state index is 13.6. The van der Waals surface area contributed by atoms with Crippen molar-refractivity contribution in [2.75, 3.05) is 13.1 Å². The quantitative estimate of drug-likeness (QED) is 0.830. The average Bonchev–Trinajstić information content (AvgIpc) is 3.10. The van der Waals surface area contributed by atoms with Gasteiger partial charge in [0, 0.05) is 50.4 Å². The lowest BCUT2D eigenvalue weighted by molar-refractivity contribution is -0.132. The van der Waals surface area contributed by atoms with Crippen molar-refractivity contribution in [1.29, 1.82) is 0 Å². The van der Waals surface area contributed by atoms with E-state index in [-0.39, 0.29) is 17.3 Å². The number of halogens is 1. The van der Waals surface area contributed by atoms with Crippen LogP contribution in [0.3, 0.4) is 0 Å². The van der Waals surface area contributed by atoms with Crippen LogP contribution < -0.4 is 0 Å². The summed E-state index contributed by atoms with van der Waals surface area (Å²) in [5, 5.41) is 4.26. The molecule has 1 aromatic carbocycles. The molecule has 0 aliphatic carbocycles. The smallest absolute Gasteiger partial charge is 0.223 e. The number of benzene rings is 1. The Morgan fingerprint density at radius 2 is 2.04 bits per heavy atom. The highest BCUT2D eigenvalue weighted by atomic mass is 19.1. The summed E-state index contributed by atoms with van der Waals surface area (Å²) >= 11 is 0. The standard InChI is InChI=1S/C21H27FN4O/c1-24-14-18(13-23-24)15-25-10-3-7-21(9-11-25)8-6-20(27)26(21)16-17-4-2-5-19(22)12-17/h2,4-5,12-14H,3,6-11,15-16H2,1H3/t21-/m1/s1. The average molecular weight is 370 g/mol. The number of carbonyl (C=O) groups is 1. The monoisotopic (exact) mass is 370 g/mol. The molecule has 1 aromatic heterocycles. The van der Waals surface area contributed by atoms with Gasteiger partial charge in [-0.25, -0.2) is 4.39 Å². The van der Waals surface area contributed by atoms with Crippen LogP contribution in [0.1, 0.15) is 43.2 Å². The minimum absolute atomic E-state index is 0.0763. The molecular weight excluding hydrogens is 343 g/mol. The number of aryl methyl sites for hydroxylation is 1. The second-order valence-corrected chi connectivity index (χ2v) is 7.99. The van der Waals surface area contributed by atoms with E-state index in [0.717, 1.165) is 50.9 Å². The molecule has 0 N–H and O–H groups in total. The predicted molar refractivity (Wildman–Crippen MR) is 101 cm³/mol. The number of hydrogen-bond acceptors (Lipinski definition) is 3. The SMILES string of the molecule is Cn1cc(CN2CCC[C@@]3(CCC(=O)N3Cc3cccc(F)c3)CC2)cn1. The van der Waals surface area contributed by atoms with Gasteiger partial charge < -0.3 is 4.90 Å². The first-order valence-corrected chi connectivity index (χ1v) is 9.79. The molecule has 2 aliphatic rings. The highest BCUT2D eigenvalue weighted by molar-refractivity contribution is 5.79. The van der Waals surface area contributed by atoms with Gasteiger partial charge in [0.1, 0.15) is 5.82 Å². The maximum Gasteiger partial charge on any atom is 0.223 e. The molecule has 144 valence electrons. The number of aromatic nitrogens is 2. The molecule has 5 nitrogen and oxygen atoms in total. The molecule has 4 rings (SSSR count). The van der Waals surface area contributed by atoms with Gasteiger partial charge in [0.25, 0.3) is 0 Å². The van der Waals surface area contributed by atoms with Crippen LogP contribution in [0.2, 0.25) is 0 Å². The van der Waals surface area contributed by atoms with Crippen molar-refractivity contribution in [3.8, 4) is 0 Å². The molecule has 0 saturated carbocycles. The molecule has 2 aromatic rings. The summed E-state index contributed by atoms with van der Waals surface area (Å²) in [5.41, 5.74) is 2.03. The number of rotatable bonds is 4. The predicted octanol–water partition coefficient (Wildman–Crippen LogP) is 3.11. The first-order chi connectivity index (χ1) is 13.0. The van der Waals surface area contributed by atoms with Crippen LogP contribution in [0, 0.1) is 5.82 Å². The van der Waals surface area contributed by atoms with Crippen LogP contribution in [0.5, 0.6) is 0 Å². The van der Waals surface area contributed by atoms with Gasteiger partial charge in [-0.2, -0.15) is 5.10 Å². The third kappa shape index (κ3) is 3.90. The van der Waals surface area contributed by atoms with E-state index in [1.54, 1.807) is 12.1 Å². The lowest BCUT2D eigenvalue weighted by Gasteiger charge is -2.38. The van der Waals surface area contributed by atoms with Gasteiger partial charge in [-0.05, 0) is 49.9 Å². The summed E-state index contributed by atoms with van der Waals surface area (Å²) in [6.45, 7) is 3.43. The first-order valence-electron chi connectivity index (χ1n) is 9.79. The van der Waals surface area contributed by atoms with Crippen LogP contribution in [0.4, 0.5) is 4.39 Å². The summed E-state index contributed by atoms with van der Waals surface area (Å²) in [5.74, 6) is -0.0309. The minimum atomic E-state index is -0.239. The molecule has 27 heavy (non-hydrogen) atoms. The van der Waals surface area contributed by atoms with Gasteiger partial charge in [-0.1, -0.05) is 12.1 Å². The van der Waals surface area contributed by atoms with Crippen molar-refractivity contribution >= 4 is 5.91 Å². The van der Waals surface area contributed by atoms with Crippen molar-refractivity contribution in [2.45, 2.75) is 50.7 Å². The van der Waals surface area contributed by atoms with E-state index >= 15 is 0 Å². The topological polar surface area (TPSA) is 41.4 Å². The van der Waals surface area contributed by atoms with Crippen LogP contribution >= 0.6 is 0 Å². The lowest BCUT2D eigenvalue weighted by atomic mass is 9.87. The normalized spacial score (nSPS) is 23.9. The molecule has 1 spiro atoms. The van der Waals surface area contributed by atoms with Crippen LogP contribution in [-0.4, -0.2) is 44.1 Å². The van der Waals surface area contributed by atoms with Crippen molar-refractivity contribution in [3.63, 3.8) is 0 Å². The zero-order chi connectivity index (χ0) is 18.9. The van der Waals surface area contributed by atoms with Crippen LogP contribution in [0.15, 0.2) is 36.7 Å². The molecule has 3 heterocycles. The van der Waals surface area contributed by atoms with Crippen molar-refractivity contribution in [1.82, 2.24) is 19.6 Å². The Bertz CT molecular complexity index is 820. The Hall–Kier alpha value is -2.21. The van der Waals surface area contributed by atoms with Gasteiger partial charge in [0.15, 0.2) is 0 Å². The molecule has 0 radical (unpaired) electrons. The maximum absolute atomic E-state index is 13.6. The second kappa shape index (κ2) is 7.43. The highest BCUT2D eigenvalue weighted by Gasteiger charge is 2.45. The fourth-order valence-electron chi connectivity index (χ4n) is 4.67. The summed E-state index contributed by atoms with van der Waals surface area (Å²) < 4.78 is 15.4. The zero-order valence-electron chi connectivity index (χ0n) is 15.9. The first kappa shape index (κ1) is 18.2.